The lowest BCUT2D eigenvalue weighted by Crippen LogP contribution is -2.42. The van der Waals surface area contributed by atoms with Gasteiger partial charge >= 0.3 is 0 Å². The van der Waals surface area contributed by atoms with E-state index in [-0.39, 0.29) is 29.1 Å². The number of ether oxygens (including phenoxy) is 1. The second kappa shape index (κ2) is 11.1. The third kappa shape index (κ3) is 6.15. The standard InChI is InChI=1S/C29H38N6O3/c1-29(2,3)9-14-33-19-23-21-7-4-8-22(17-21)38-16-6-12-34(15-11-31-27(36)24(23)20-33)28(37)25-18-26-30-10-5-13-35(26)32-25/h4-5,7-8,10,13,17-18,23-24H,6,9,11-12,14-16,19-20H2,1-3H3,(H,31,36)/t23-,24+/m1/s1. The molecule has 9 heteroatoms. The third-order valence-corrected chi connectivity index (χ3v) is 7.46. The van der Waals surface area contributed by atoms with Gasteiger partial charge in [0.25, 0.3) is 5.91 Å². The van der Waals surface area contributed by atoms with E-state index in [9.17, 15) is 9.59 Å². The van der Waals surface area contributed by atoms with Crippen molar-refractivity contribution in [1.29, 1.82) is 0 Å². The van der Waals surface area contributed by atoms with Crippen LogP contribution in [0.4, 0.5) is 0 Å². The lowest BCUT2D eigenvalue weighted by Gasteiger charge is -2.24. The number of rotatable bonds is 3. The highest BCUT2D eigenvalue weighted by atomic mass is 16.5. The molecule has 38 heavy (non-hydrogen) atoms. The summed E-state index contributed by atoms with van der Waals surface area (Å²) in [6, 6.07) is 11.6. The van der Waals surface area contributed by atoms with Crippen LogP contribution >= 0.6 is 0 Å². The maximum Gasteiger partial charge on any atom is 0.274 e. The second-order valence-electron chi connectivity index (χ2n) is 11.6. The summed E-state index contributed by atoms with van der Waals surface area (Å²) in [4.78, 5) is 35.3. The molecule has 1 fully saturated rings. The highest BCUT2D eigenvalue weighted by Gasteiger charge is 2.38. The summed E-state index contributed by atoms with van der Waals surface area (Å²) >= 11 is 0. The first kappa shape index (κ1) is 26.2. The Morgan fingerprint density at radius 3 is 2.79 bits per heavy atom. The van der Waals surface area contributed by atoms with Gasteiger partial charge in [-0.1, -0.05) is 32.9 Å². The molecule has 0 unspecified atom stereocenters. The molecule has 3 aromatic rings. The molecule has 4 heterocycles. The summed E-state index contributed by atoms with van der Waals surface area (Å²) in [6.07, 6.45) is 5.19. The summed E-state index contributed by atoms with van der Waals surface area (Å²) < 4.78 is 7.68. The van der Waals surface area contributed by atoms with E-state index in [0.717, 1.165) is 37.4 Å². The Morgan fingerprint density at radius 2 is 1.97 bits per heavy atom. The smallest absolute Gasteiger partial charge is 0.274 e. The van der Waals surface area contributed by atoms with Crippen LogP contribution in [0.3, 0.4) is 0 Å². The molecule has 2 bridgehead atoms. The van der Waals surface area contributed by atoms with Gasteiger partial charge in [-0.25, -0.2) is 9.50 Å². The Kier molecular flexibility index (Phi) is 7.65. The molecule has 2 aliphatic heterocycles. The first-order valence-electron chi connectivity index (χ1n) is 13.6. The maximum absolute atomic E-state index is 13.5. The molecule has 9 nitrogen and oxygen atoms in total. The zero-order chi connectivity index (χ0) is 26.7. The highest BCUT2D eigenvalue weighted by molar-refractivity contribution is 5.93. The quantitative estimate of drug-likeness (QED) is 0.573. The van der Waals surface area contributed by atoms with Crippen LogP contribution in [0.5, 0.6) is 5.75 Å². The SMILES string of the molecule is CC(C)(C)CCN1C[C@@H]2C(=O)NCCN(C(=O)c3cc4ncccn4n3)CCCOc3cccc(c3)[C@H]2C1. The van der Waals surface area contributed by atoms with Crippen molar-refractivity contribution in [2.45, 2.75) is 39.5 Å². The molecule has 1 aromatic carbocycles. The van der Waals surface area contributed by atoms with Gasteiger partial charge in [0.15, 0.2) is 11.3 Å². The topological polar surface area (TPSA) is 92.1 Å². The van der Waals surface area contributed by atoms with Crippen molar-refractivity contribution in [1.82, 2.24) is 29.7 Å². The molecule has 202 valence electrons. The fourth-order valence-electron chi connectivity index (χ4n) is 5.30. The molecule has 0 aliphatic carbocycles. The van der Waals surface area contributed by atoms with E-state index in [1.165, 1.54) is 0 Å². The van der Waals surface area contributed by atoms with Gasteiger partial charge in [0.1, 0.15) is 5.75 Å². The molecular weight excluding hydrogens is 480 g/mol. The molecule has 1 saturated heterocycles. The van der Waals surface area contributed by atoms with Crippen molar-refractivity contribution in [3.05, 3.63) is 60.0 Å². The maximum atomic E-state index is 13.5. The summed E-state index contributed by atoms with van der Waals surface area (Å²) in [5.41, 5.74) is 2.36. The molecule has 2 aliphatic rings. The predicted molar refractivity (Wildman–Crippen MR) is 145 cm³/mol. The van der Waals surface area contributed by atoms with E-state index in [1.54, 1.807) is 33.9 Å². The number of likely N-dealkylation sites (tertiary alicyclic amines) is 1. The predicted octanol–water partition coefficient (Wildman–Crippen LogP) is 3.22. The van der Waals surface area contributed by atoms with Gasteiger partial charge in [0.05, 0.1) is 12.5 Å². The number of nitrogens with one attached hydrogen (secondary N) is 1. The number of aromatic nitrogens is 3. The van der Waals surface area contributed by atoms with E-state index in [1.807, 2.05) is 12.1 Å². The van der Waals surface area contributed by atoms with Gasteiger partial charge in [-0.3, -0.25) is 9.59 Å². The number of hydrogen-bond acceptors (Lipinski definition) is 6. The van der Waals surface area contributed by atoms with Gasteiger partial charge in [0, 0.05) is 57.1 Å². The number of amides is 2. The van der Waals surface area contributed by atoms with Crippen LogP contribution in [0.2, 0.25) is 0 Å². The Balaban J connectivity index is 1.33. The second-order valence-corrected chi connectivity index (χ2v) is 11.6. The third-order valence-electron chi connectivity index (χ3n) is 7.46. The Hall–Kier alpha value is -3.46. The Labute approximate surface area is 224 Å². The van der Waals surface area contributed by atoms with E-state index in [4.69, 9.17) is 4.74 Å². The van der Waals surface area contributed by atoms with E-state index in [0.29, 0.717) is 44.0 Å². The van der Waals surface area contributed by atoms with E-state index >= 15 is 0 Å². The minimum atomic E-state index is -0.175. The summed E-state index contributed by atoms with van der Waals surface area (Å²) in [5, 5.41) is 7.54. The van der Waals surface area contributed by atoms with Crippen molar-refractivity contribution in [3.8, 4) is 5.75 Å². The average molecular weight is 519 g/mol. The number of fused-ring (bicyclic) bond motifs is 5. The molecular formula is C29H38N6O3. The van der Waals surface area contributed by atoms with Crippen LogP contribution in [0.15, 0.2) is 48.8 Å². The zero-order valence-corrected chi connectivity index (χ0v) is 22.6. The molecule has 2 amide bonds. The summed E-state index contributed by atoms with van der Waals surface area (Å²) in [7, 11) is 0. The van der Waals surface area contributed by atoms with Crippen LogP contribution < -0.4 is 10.1 Å². The van der Waals surface area contributed by atoms with Gasteiger partial charge in [-0.2, -0.15) is 5.10 Å². The Morgan fingerprint density at radius 1 is 1.13 bits per heavy atom. The van der Waals surface area contributed by atoms with Crippen molar-refractivity contribution in [2.75, 3.05) is 45.9 Å². The normalized spacial score (nSPS) is 21.4. The average Bonchev–Trinajstić information content (AvgIpc) is 3.52. The number of carbonyl (C=O) groups excluding carboxylic acids is 2. The number of nitrogens with zero attached hydrogens (tertiary/aromatic N) is 5. The minimum absolute atomic E-state index is 0.0426. The van der Waals surface area contributed by atoms with Crippen LogP contribution in [-0.4, -0.2) is 82.1 Å². The first-order chi connectivity index (χ1) is 18.3. The fourth-order valence-corrected chi connectivity index (χ4v) is 5.30. The zero-order valence-electron chi connectivity index (χ0n) is 22.6. The first-order valence-corrected chi connectivity index (χ1v) is 13.6. The van der Waals surface area contributed by atoms with E-state index < -0.39 is 0 Å². The molecule has 0 saturated carbocycles. The lowest BCUT2D eigenvalue weighted by molar-refractivity contribution is -0.125. The van der Waals surface area contributed by atoms with E-state index in [2.05, 4.69) is 53.2 Å². The van der Waals surface area contributed by atoms with Gasteiger partial charge in [0.2, 0.25) is 5.91 Å². The molecule has 2 atom stereocenters. The highest BCUT2D eigenvalue weighted by Crippen LogP contribution is 2.35. The lowest BCUT2D eigenvalue weighted by atomic mass is 9.88. The van der Waals surface area contributed by atoms with Crippen LogP contribution in [0.25, 0.3) is 5.65 Å². The fraction of sp³-hybridized carbons (Fsp3) is 0.517. The number of benzene rings is 1. The molecule has 1 N–H and O–H groups in total. The molecule has 0 radical (unpaired) electrons. The monoisotopic (exact) mass is 518 g/mol. The van der Waals surface area contributed by atoms with Crippen LogP contribution in [0.1, 0.15) is 55.6 Å². The van der Waals surface area contributed by atoms with Crippen LogP contribution in [0, 0.1) is 11.3 Å². The van der Waals surface area contributed by atoms with Crippen molar-refractivity contribution < 1.29 is 14.3 Å². The molecule has 5 rings (SSSR count). The minimum Gasteiger partial charge on any atom is -0.494 e. The van der Waals surface area contributed by atoms with Gasteiger partial charge in [-0.15, -0.1) is 0 Å². The summed E-state index contributed by atoms with van der Waals surface area (Å²) in [6.45, 7) is 11.1. The van der Waals surface area contributed by atoms with Gasteiger partial charge in [-0.05, 0) is 48.6 Å². The van der Waals surface area contributed by atoms with Gasteiger partial charge < -0.3 is 19.9 Å². The summed E-state index contributed by atoms with van der Waals surface area (Å²) in [5.74, 6) is 0.620. The Bertz CT molecular complexity index is 1250. The van der Waals surface area contributed by atoms with Crippen molar-refractivity contribution in [2.24, 2.45) is 11.3 Å². The van der Waals surface area contributed by atoms with Crippen molar-refractivity contribution >= 4 is 17.5 Å². The van der Waals surface area contributed by atoms with Crippen molar-refractivity contribution in [3.63, 3.8) is 0 Å². The largest absolute Gasteiger partial charge is 0.494 e. The number of carbonyl (C=O) groups is 2. The van der Waals surface area contributed by atoms with Crippen LogP contribution in [-0.2, 0) is 4.79 Å². The molecule has 0 spiro atoms. The number of hydrogen-bond donors (Lipinski definition) is 1. The molecule has 2 aromatic heterocycles.